The number of carboxylic acids is 1. The predicted molar refractivity (Wildman–Crippen MR) is 77.1 cm³/mol. The third-order valence-electron chi connectivity index (χ3n) is 4.04. The summed E-state index contributed by atoms with van der Waals surface area (Å²) in [5.41, 5.74) is 3.15. The van der Waals surface area contributed by atoms with Crippen LogP contribution in [0.2, 0.25) is 0 Å². The summed E-state index contributed by atoms with van der Waals surface area (Å²) in [6.07, 6.45) is 3.65. The number of hydrogen-bond donors (Lipinski definition) is 2. The average Bonchev–Trinajstić information content (AvgIpc) is 2.38. The second kappa shape index (κ2) is 5.00. The molecule has 0 heterocycles. The molecule has 20 heavy (non-hydrogen) atoms. The third-order valence-corrected chi connectivity index (χ3v) is 4.04. The van der Waals surface area contributed by atoms with E-state index in [0.29, 0.717) is 5.92 Å². The van der Waals surface area contributed by atoms with Crippen molar-refractivity contribution in [2.45, 2.75) is 25.2 Å². The standard InChI is InChI=1S/C17H16O3/c18-16-9-8-12(10-15(16)17(19)20)14-7-2-1-6-13(14)11-4-3-5-11/h1-2,6-11,18H,3-5H2,(H,19,20). The Labute approximate surface area is 117 Å². The van der Waals surface area contributed by atoms with Crippen molar-refractivity contribution < 1.29 is 15.0 Å². The zero-order chi connectivity index (χ0) is 14.1. The van der Waals surface area contributed by atoms with Crippen molar-refractivity contribution >= 4 is 5.97 Å². The van der Waals surface area contributed by atoms with E-state index in [0.717, 1.165) is 11.1 Å². The predicted octanol–water partition coefficient (Wildman–Crippen LogP) is 4.02. The number of hydrogen-bond acceptors (Lipinski definition) is 2. The lowest BCUT2D eigenvalue weighted by molar-refractivity contribution is 0.0694. The molecule has 1 aliphatic rings. The van der Waals surface area contributed by atoms with E-state index in [9.17, 15) is 9.90 Å². The summed E-state index contributed by atoms with van der Waals surface area (Å²) in [4.78, 5) is 11.1. The van der Waals surface area contributed by atoms with Gasteiger partial charge in [0.05, 0.1) is 0 Å². The number of rotatable bonds is 3. The molecule has 3 nitrogen and oxygen atoms in total. The molecule has 0 bridgehead atoms. The van der Waals surface area contributed by atoms with Crippen molar-refractivity contribution in [1.82, 2.24) is 0 Å². The van der Waals surface area contributed by atoms with Gasteiger partial charge in [-0.05, 0) is 47.6 Å². The van der Waals surface area contributed by atoms with Gasteiger partial charge in [-0.3, -0.25) is 0 Å². The van der Waals surface area contributed by atoms with Crippen molar-refractivity contribution in [2.75, 3.05) is 0 Å². The van der Waals surface area contributed by atoms with Crippen LogP contribution in [0.1, 0.15) is 41.1 Å². The van der Waals surface area contributed by atoms with Crippen LogP contribution in [-0.4, -0.2) is 16.2 Å². The molecular formula is C17H16O3. The third kappa shape index (κ3) is 2.16. The molecule has 0 aliphatic heterocycles. The second-order valence-electron chi connectivity index (χ2n) is 5.25. The SMILES string of the molecule is O=C(O)c1cc(-c2ccccc2C2CCC2)ccc1O. The van der Waals surface area contributed by atoms with Gasteiger partial charge in [0.25, 0.3) is 0 Å². The molecule has 2 aromatic rings. The van der Waals surface area contributed by atoms with Gasteiger partial charge in [0.15, 0.2) is 0 Å². The van der Waals surface area contributed by atoms with Gasteiger partial charge >= 0.3 is 5.97 Å². The summed E-state index contributed by atoms with van der Waals surface area (Å²) in [5.74, 6) is -0.721. The largest absolute Gasteiger partial charge is 0.507 e. The highest BCUT2D eigenvalue weighted by molar-refractivity contribution is 5.92. The fourth-order valence-corrected chi connectivity index (χ4v) is 2.71. The molecule has 2 aromatic carbocycles. The van der Waals surface area contributed by atoms with Crippen LogP contribution in [0.25, 0.3) is 11.1 Å². The van der Waals surface area contributed by atoms with E-state index in [2.05, 4.69) is 6.07 Å². The van der Waals surface area contributed by atoms with Gasteiger partial charge in [0.1, 0.15) is 11.3 Å². The summed E-state index contributed by atoms with van der Waals surface area (Å²) < 4.78 is 0. The molecule has 0 radical (unpaired) electrons. The van der Waals surface area contributed by atoms with Crippen molar-refractivity contribution in [3.63, 3.8) is 0 Å². The fourth-order valence-electron chi connectivity index (χ4n) is 2.71. The van der Waals surface area contributed by atoms with Crippen molar-refractivity contribution in [3.8, 4) is 16.9 Å². The molecule has 0 atom stereocenters. The minimum atomic E-state index is -1.11. The van der Waals surface area contributed by atoms with E-state index in [1.54, 1.807) is 12.1 Å². The Balaban J connectivity index is 2.09. The maximum absolute atomic E-state index is 11.1. The monoisotopic (exact) mass is 268 g/mol. The summed E-state index contributed by atoms with van der Waals surface area (Å²) >= 11 is 0. The van der Waals surface area contributed by atoms with Crippen molar-refractivity contribution in [2.24, 2.45) is 0 Å². The average molecular weight is 268 g/mol. The molecule has 0 unspecified atom stereocenters. The lowest BCUT2D eigenvalue weighted by atomic mass is 9.77. The molecular weight excluding hydrogens is 252 g/mol. The first kappa shape index (κ1) is 12.7. The van der Waals surface area contributed by atoms with E-state index in [-0.39, 0.29) is 11.3 Å². The molecule has 0 aromatic heterocycles. The Hall–Kier alpha value is -2.29. The van der Waals surface area contributed by atoms with Crippen LogP contribution in [0.3, 0.4) is 0 Å². The molecule has 0 saturated heterocycles. The van der Waals surface area contributed by atoms with Crippen LogP contribution in [0, 0.1) is 0 Å². The van der Waals surface area contributed by atoms with Gasteiger partial charge in [0.2, 0.25) is 0 Å². The molecule has 0 spiro atoms. The van der Waals surface area contributed by atoms with Gasteiger partial charge in [-0.2, -0.15) is 0 Å². The van der Waals surface area contributed by atoms with Gasteiger partial charge in [-0.15, -0.1) is 0 Å². The lowest BCUT2D eigenvalue weighted by Gasteiger charge is -2.28. The van der Waals surface area contributed by atoms with Crippen LogP contribution >= 0.6 is 0 Å². The molecule has 102 valence electrons. The number of phenols is 1. The maximum atomic E-state index is 11.1. The van der Waals surface area contributed by atoms with Crippen molar-refractivity contribution in [3.05, 3.63) is 53.6 Å². The number of aromatic hydroxyl groups is 1. The number of benzene rings is 2. The molecule has 3 heteroatoms. The van der Waals surface area contributed by atoms with Gasteiger partial charge in [-0.1, -0.05) is 36.8 Å². The fraction of sp³-hybridized carbons (Fsp3) is 0.235. The Bertz CT molecular complexity index is 657. The zero-order valence-electron chi connectivity index (χ0n) is 11.0. The zero-order valence-corrected chi connectivity index (χ0v) is 11.0. The second-order valence-corrected chi connectivity index (χ2v) is 5.25. The number of aromatic carboxylic acids is 1. The first-order valence-electron chi connectivity index (χ1n) is 6.82. The Morgan fingerprint density at radius 3 is 2.50 bits per heavy atom. The van der Waals surface area contributed by atoms with E-state index < -0.39 is 5.97 Å². The summed E-state index contributed by atoms with van der Waals surface area (Å²) in [6.45, 7) is 0. The van der Waals surface area contributed by atoms with Gasteiger partial charge < -0.3 is 10.2 Å². The van der Waals surface area contributed by atoms with Crippen LogP contribution in [0.5, 0.6) is 5.75 Å². The summed E-state index contributed by atoms with van der Waals surface area (Å²) in [7, 11) is 0. The number of carboxylic acid groups (broad SMARTS) is 1. The Morgan fingerprint density at radius 2 is 1.85 bits per heavy atom. The highest BCUT2D eigenvalue weighted by atomic mass is 16.4. The quantitative estimate of drug-likeness (QED) is 0.883. The first-order chi connectivity index (χ1) is 9.66. The molecule has 0 amide bonds. The normalized spacial score (nSPS) is 14.8. The van der Waals surface area contributed by atoms with Crippen molar-refractivity contribution in [1.29, 1.82) is 0 Å². The van der Waals surface area contributed by atoms with Crippen LogP contribution in [0.15, 0.2) is 42.5 Å². The highest BCUT2D eigenvalue weighted by Crippen LogP contribution is 2.41. The molecule has 1 fully saturated rings. The Kier molecular flexibility index (Phi) is 3.18. The van der Waals surface area contributed by atoms with Crippen LogP contribution in [-0.2, 0) is 0 Å². The molecule has 2 N–H and O–H groups in total. The van der Waals surface area contributed by atoms with Gasteiger partial charge in [0, 0.05) is 0 Å². The van der Waals surface area contributed by atoms with E-state index in [1.807, 2.05) is 18.2 Å². The minimum Gasteiger partial charge on any atom is -0.507 e. The number of carbonyl (C=O) groups is 1. The minimum absolute atomic E-state index is 0.0501. The lowest BCUT2D eigenvalue weighted by Crippen LogP contribution is -2.10. The molecule has 1 aliphatic carbocycles. The topological polar surface area (TPSA) is 57.5 Å². The Morgan fingerprint density at radius 1 is 1.10 bits per heavy atom. The smallest absolute Gasteiger partial charge is 0.339 e. The van der Waals surface area contributed by atoms with E-state index >= 15 is 0 Å². The summed E-state index contributed by atoms with van der Waals surface area (Å²) in [5, 5.41) is 18.7. The molecule has 1 saturated carbocycles. The first-order valence-corrected chi connectivity index (χ1v) is 6.82. The van der Waals surface area contributed by atoms with Crippen LogP contribution < -0.4 is 0 Å². The van der Waals surface area contributed by atoms with E-state index in [1.165, 1.54) is 30.9 Å². The maximum Gasteiger partial charge on any atom is 0.339 e. The summed E-state index contributed by atoms with van der Waals surface area (Å²) in [6, 6.07) is 12.9. The van der Waals surface area contributed by atoms with Crippen LogP contribution in [0.4, 0.5) is 0 Å². The highest BCUT2D eigenvalue weighted by Gasteiger charge is 2.22. The van der Waals surface area contributed by atoms with Gasteiger partial charge in [-0.25, -0.2) is 4.79 Å². The molecule has 3 rings (SSSR count). The van der Waals surface area contributed by atoms with E-state index in [4.69, 9.17) is 5.11 Å².